The average Bonchev–Trinajstić information content (AvgIpc) is 1.97. The Bertz CT molecular complexity index is 207. The Morgan fingerprint density at radius 2 is 2.18 bits per heavy atom. The van der Waals surface area contributed by atoms with E-state index in [0.717, 1.165) is 5.57 Å². The van der Waals surface area contributed by atoms with Gasteiger partial charge in [-0.3, -0.25) is 10.3 Å². The predicted molar refractivity (Wildman–Crippen MR) is 43.3 cm³/mol. The third-order valence-corrected chi connectivity index (χ3v) is 1.10. The molecule has 3 heteroatoms. The van der Waals surface area contributed by atoms with Gasteiger partial charge in [-0.1, -0.05) is 5.57 Å². The minimum atomic E-state index is 0.648. The summed E-state index contributed by atoms with van der Waals surface area (Å²) in [5.41, 5.74) is 4.14. The normalized spacial score (nSPS) is 9.27. The number of hydrogen-bond donors (Lipinski definition) is 1. The van der Waals surface area contributed by atoms with Gasteiger partial charge in [0.05, 0.1) is 18.8 Å². The lowest BCUT2D eigenvalue weighted by Crippen LogP contribution is -2.00. The Hall–Kier alpha value is -1.27. The summed E-state index contributed by atoms with van der Waals surface area (Å²) in [5.74, 6) is 0. The van der Waals surface area contributed by atoms with Crippen molar-refractivity contribution in [2.45, 2.75) is 13.8 Å². The molecule has 0 aromatic carbocycles. The second kappa shape index (κ2) is 5.51. The van der Waals surface area contributed by atoms with Crippen molar-refractivity contribution in [3.8, 4) is 6.07 Å². The van der Waals surface area contributed by atoms with Gasteiger partial charge in [0.2, 0.25) is 0 Å². The fourth-order valence-electron chi connectivity index (χ4n) is 0.501. The van der Waals surface area contributed by atoms with Crippen molar-refractivity contribution in [3.63, 3.8) is 0 Å². The molecular formula is C8H12N2O. The van der Waals surface area contributed by atoms with Crippen LogP contribution in [0.1, 0.15) is 13.8 Å². The van der Waals surface area contributed by atoms with Crippen molar-refractivity contribution >= 4 is 0 Å². The number of rotatable bonds is 3. The molecule has 0 aliphatic carbocycles. The molecule has 11 heavy (non-hydrogen) atoms. The largest absolute Gasteiger partial charge is 0.280 e. The maximum atomic E-state index is 8.57. The summed E-state index contributed by atoms with van der Waals surface area (Å²) in [6, 6.07) is 2.06. The van der Waals surface area contributed by atoms with Gasteiger partial charge in [0.15, 0.2) is 0 Å². The highest BCUT2D eigenvalue weighted by atomic mass is 16.6. The van der Waals surface area contributed by atoms with Gasteiger partial charge in [-0.25, -0.2) is 0 Å². The molecule has 1 N–H and O–H groups in total. The average molecular weight is 152 g/mol. The first kappa shape index (κ1) is 9.73. The molecule has 0 heterocycles. The first-order valence-electron chi connectivity index (χ1n) is 3.25. The van der Waals surface area contributed by atoms with Crippen LogP contribution in [0.15, 0.2) is 23.4 Å². The van der Waals surface area contributed by atoms with E-state index in [0.29, 0.717) is 5.57 Å². The standard InChI is InChI=1S/C8H12N2O/c1-7(2)8(6-9)4-5-10-11-3/h4-5,10H,1-3H3/b5-4-. The van der Waals surface area contributed by atoms with Crippen LogP contribution in [-0.4, -0.2) is 7.11 Å². The zero-order chi connectivity index (χ0) is 8.69. The molecule has 0 radical (unpaired) electrons. The Morgan fingerprint density at radius 1 is 1.55 bits per heavy atom. The summed E-state index contributed by atoms with van der Waals surface area (Å²) in [7, 11) is 1.51. The minimum Gasteiger partial charge on any atom is -0.280 e. The molecule has 0 amide bonds. The van der Waals surface area contributed by atoms with E-state index in [9.17, 15) is 0 Å². The van der Waals surface area contributed by atoms with Gasteiger partial charge in [-0.05, 0) is 19.9 Å². The summed E-state index contributed by atoms with van der Waals surface area (Å²) >= 11 is 0. The van der Waals surface area contributed by atoms with E-state index in [2.05, 4.69) is 16.4 Å². The summed E-state index contributed by atoms with van der Waals surface area (Å²) in [6.07, 6.45) is 3.24. The molecule has 0 unspecified atom stereocenters. The summed E-state index contributed by atoms with van der Waals surface area (Å²) < 4.78 is 0. The zero-order valence-corrected chi connectivity index (χ0v) is 7.01. The Morgan fingerprint density at radius 3 is 2.55 bits per heavy atom. The quantitative estimate of drug-likeness (QED) is 0.379. The molecule has 0 spiro atoms. The third kappa shape index (κ3) is 4.18. The van der Waals surface area contributed by atoms with Crippen LogP contribution in [0.3, 0.4) is 0 Å². The molecule has 0 atom stereocenters. The SMILES string of the molecule is CON/C=C\C(C#N)=C(C)C. The number of hydrogen-bond acceptors (Lipinski definition) is 3. The molecule has 0 rings (SSSR count). The number of nitriles is 1. The summed E-state index contributed by atoms with van der Waals surface area (Å²) in [5, 5.41) is 8.57. The summed E-state index contributed by atoms with van der Waals surface area (Å²) in [6.45, 7) is 3.77. The molecule has 0 aliphatic heterocycles. The third-order valence-electron chi connectivity index (χ3n) is 1.10. The number of nitrogens with zero attached hydrogens (tertiary/aromatic N) is 1. The lowest BCUT2D eigenvalue weighted by atomic mass is 10.2. The minimum absolute atomic E-state index is 0.648. The molecular weight excluding hydrogens is 140 g/mol. The van der Waals surface area contributed by atoms with Gasteiger partial charge >= 0.3 is 0 Å². The second-order valence-corrected chi connectivity index (χ2v) is 2.18. The number of nitrogens with one attached hydrogen (secondary N) is 1. The maximum absolute atomic E-state index is 8.57. The topological polar surface area (TPSA) is 45.0 Å². The molecule has 60 valence electrons. The van der Waals surface area contributed by atoms with Gasteiger partial charge in [-0.15, -0.1) is 0 Å². The van der Waals surface area contributed by atoms with Gasteiger partial charge in [0, 0.05) is 6.20 Å². The van der Waals surface area contributed by atoms with Crippen LogP contribution in [0.4, 0.5) is 0 Å². The van der Waals surface area contributed by atoms with Crippen LogP contribution in [-0.2, 0) is 4.84 Å². The van der Waals surface area contributed by atoms with Crippen molar-refractivity contribution in [2.24, 2.45) is 0 Å². The number of allylic oxidation sites excluding steroid dienone is 3. The molecule has 0 aromatic heterocycles. The first-order chi connectivity index (χ1) is 5.22. The smallest absolute Gasteiger partial charge is 0.0991 e. The van der Waals surface area contributed by atoms with Crippen LogP contribution < -0.4 is 5.48 Å². The monoisotopic (exact) mass is 152 g/mol. The predicted octanol–water partition coefficient (Wildman–Crippen LogP) is 1.51. The van der Waals surface area contributed by atoms with E-state index >= 15 is 0 Å². The van der Waals surface area contributed by atoms with E-state index in [-0.39, 0.29) is 0 Å². The lowest BCUT2D eigenvalue weighted by molar-refractivity contribution is 0.128. The van der Waals surface area contributed by atoms with Crippen LogP contribution >= 0.6 is 0 Å². The van der Waals surface area contributed by atoms with E-state index in [1.807, 2.05) is 13.8 Å². The number of hydroxylamine groups is 1. The molecule has 0 aliphatic rings. The van der Waals surface area contributed by atoms with Gasteiger partial charge < -0.3 is 0 Å². The highest BCUT2D eigenvalue weighted by Gasteiger charge is 1.89. The Balaban J connectivity index is 4.13. The second-order valence-electron chi connectivity index (χ2n) is 2.18. The zero-order valence-electron chi connectivity index (χ0n) is 7.01. The van der Waals surface area contributed by atoms with Gasteiger partial charge in [0.1, 0.15) is 0 Å². The van der Waals surface area contributed by atoms with Crippen LogP contribution in [0.5, 0.6) is 0 Å². The van der Waals surface area contributed by atoms with E-state index in [4.69, 9.17) is 5.26 Å². The highest BCUT2D eigenvalue weighted by molar-refractivity contribution is 5.35. The van der Waals surface area contributed by atoms with Gasteiger partial charge in [-0.2, -0.15) is 5.26 Å². The lowest BCUT2D eigenvalue weighted by Gasteiger charge is -1.93. The highest BCUT2D eigenvalue weighted by Crippen LogP contribution is 2.01. The van der Waals surface area contributed by atoms with E-state index in [1.54, 1.807) is 12.3 Å². The Labute approximate surface area is 66.9 Å². The fraction of sp³-hybridized carbons (Fsp3) is 0.375. The molecule has 3 nitrogen and oxygen atoms in total. The van der Waals surface area contributed by atoms with Crippen LogP contribution in [0.25, 0.3) is 0 Å². The van der Waals surface area contributed by atoms with Crippen molar-refractivity contribution in [3.05, 3.63) is 23.4 Å². The van der Waals surface area contributed by atoms with Crippen LogP contribution in [0.2, 0.25) is 0 Å². The van der Waals surface area contributed by atoms with Crippen molar-refractivity contribution in [2.75, 3.05) is 7.11 Å². The fourth-order valence-corrected chi connectivity index (χ4v) is 0.501. The van der Waals surface area contributed by atoms with E-state index in [1.165, 1.54) is 7.11 Å². The van der Waals surface area contributed by atoms with E-state index < -0.39 is 0 Å². The molecule has 0 bridgehead atoms. The molecule has 0 saturated heterocycles. The molecule has 0 fully saturated rings. The van der Waals surface area contributed by atoms with Crippen molar-refractivity contribution in [1.82, 2.24) is 5.48 Å². The first-order valence-corrected chi connectivity index (χ1v) is 3.25. The van der Waals surface area contributed by atoms with Crippen molar-refractivity contribution < 1.29 is 4.84 Å². The Kier molecular flexibility index (Phi) is 4.87. The maximum Gasteiger partial charge on any atom is 0.0991 e. The van der Waals surface area contributed by atoms with Crippen molar-refractivity contribution in [1.29, 1.82) is 5.26 Å². The van der Waals surface area contributed by atoms with Gasteiger partial charge in [0.25, 0.3) is 0 Å². The summed E-state index contributed by atoms with van der Waals surface area (Å²) in [4.78, 5) is 4.55. The molecule has 0 aromatic rings. The molecule has 0 saturated carbocycles. The van der Waals surface area contributed by atoms with Crippen LogP contribution in [0, 0.1) is 11.3 Å².